The molecule has 106 valence electrons. The second kappa shape index (κ2) is 10.6. The predicted octanol–water partition coefficient (Wildman–Crippen LogP) is 5.04. The van der Waals surface area contributed by atoms with Crippen LogP contribution in [0.15, 0.2) is 30.3 Å². The van der Waals surface area contributed by atoms with Crippen molar-refractivity contribution in [2.45, 2.75) is 62.9 Å². The van der Waals surface area contributed by atoms with Gasteiger partial charge in [-0.25, -0.2) is 0 Å². The van der Waals surface area contributed by atoms with Gasteiger partial charge in [-0.2, -0.15) is 0 Å². The second-order valence-corrected chi connectivity index (χ2v) is 9.28. The van der Waals surface area contributed by atoms with Crippen LogP contribution in [0.3, 0.4) is 0 Å². The molecule has 0 saturated carbocycles. The van der Waals surface area contributed by atoms with Crippen LogP contribution in [0.2, 0.25) is 4.44 Å². The molecule has 0 amide bonds. The first-order valence-corrected chi connectivity index (χ1v) is 11.8. The zero-order valence-corrected chi connectivity index (χ0v) is 15.1. The summed E-state index contributed by atoms with van der Waals surface area (Å²) < 4.78 is 18.5. The van der Waals surface area contributed by atoms with E-state index in [-0.39, 0.29) is 6.10 Å². The fourth-order valence-electron chi connectivity index (χ4n) is 2.10. The first-order valence-electron chi connectivity index (χ1n) is 7.48. The van der Waals surface area contributed by atoms with Crippen molar-refractivity contribution in [3.05, 3.63) is 35.9 Å². The van der Waals surface area contributed by atoms with Gasteiger partial charge in [-0.3, -0.25) is 0 Å². The molecule has 0 bridgehead atoms. The number of unbranched alkanes of at least 4 members (excludes halogenated alkanes) is 5. The molecule has 0 aliphatic heterocycles. The van der Waals surface area contributed by atoms with E-state index in [4.69, 9.17) is 3.07 Å². The third kappa shape index (κ3) is 7.83. The molecule has 0 N–H and O–H groups in total. The number of hydrogen-bond acceptors (Lipinski definition) is 2. The van der Waals surface area contributed by atoms with Crippen LogP contribution < -0.4 is 0 Å². The van der Waals surface area contributed by atoms with Crippen LogP contribution in [-0.4, -0.2) is 20.2 Å². The molecular formula is C16H26O2Sn. The molecule has 0 fully saturated rings. The molecule has 1 rings (SSSR count). The zero-order valence-electron chi connectivity index (χ0n) is 12.2. The summed E-state index contributed by atoms with van der Waals surface area (Å²) in [7, 11) is 0. The molecule has 1 aromatic rings. The van der Waals surface area contributed by atoms with Gasteiger partial charge in [0.05, 0.1) is 0 Å². The topological polar surface area (TPSA) is 26.3 Å². The predicted molar refractivity (Wildman–Crippen MR) is 80.6 cm³/mol. The van der Waals surface area contributed by atoms with Crippen molar-refractivity contribution >= 4 is 20.2 Å². The van der Waals surface area contributed by atoms with Crippen molar-refractivity contribution < 1.29 is 6.15 Å². The second-order valence-electron chi connectivity index (χ2n) is 5.06. The minimum absolute atomic E-state index is 0.0202. The molecule has 1 atom stereocenters. The fraction of sp³-hybridized carbons (Fsp3) is 0.625. The monoisotopic (exact) mass is 370 g/mol. The first-order chi connectivity index (χ1) is 9.24. The molecule has 1 aromatic carbocycles. The van der Waals surface area contributed by atoms with Crippen molar-refractivity contribution in [1.82, 2.24) is 0 Å². The van der Waals surface area contributed by atoms with Gasteiger partial charge in [0.15, 0.2) is 0 Å². The summed E-state index contributed by atoms with van der Waals surface area (Å²) in [6.07, 6.45) is 7.45. The Balaban J connectivity index is 2.14. The van der Waals surface area contributed by atoms with Crippen LogP contribution in [0.25, 0.3) is 0 Å². The summed E-state index contributed by atoms with van der Waals surface area (Å²) in [4.78, 5) is 0. The Hall–Kier alpha value is -0.221. The standard InChI is InChI=1S/C8H9O.C8H17.O.Sn/c1-7(9)8-5-3-2-4-6-8;1-3-5-7-8-6-4-2;;/h2-7H,1H3;1,3-8H2,2H3;;/q-1;;;+1. The Bertz CT molecular complexity index is 351. The molecule has 0 heterocycles. The van der Waals surface area contributed by atoms with Gasteiger partial charge in [-0.15, -0.1) is 0 Å². The van der Waals surface area contributed by atoms with E-state index in [0.717, 1.165) is 16.4 Å². The van der Waals surface area contributed by atoms with E-state index in [2.05, 4.69) is 6.92 Å². The number of benzene rings is 1. The normalized spacial score (nSPS) is 12.3. The van der Waals surface area contributed by atoms with Crippen molar-refractivity contribution in [2.75, 3.05) is 0 Å². The van der Waals surface area contributed by atoms with Gasteiger partial charge in [0.1, 0.15) is 0 Å². The SMILES string of the molecule is CCCCCCC[CH2][Sn](=[O])[O]C(C)c1ccccc1. The van der Waals surface area contributed by atoms with E-state index >= 15 is 0 Å². The molecule has 0 aromatic heterocycles. The summed E-state index contributed by atoms with van der Waals surface area (Å²) in [5, 5.41) is 0. The summed E-state index contributed by atoms with van der Waals surface area (Å²) in [5.74, 6) is 0. The molecule has 0 radical (unpaired) electrons. The summed E-state index contributed by atoms with van der Waals surface area (Å²) in [6.45, 7) is 4.22. The van der Waals surface area contributed by atoms with Gasteiger partial charge in [-0.05, 0) is 0 Å². The van der Waals surface area contributed by atoms with Gasteiger partial charge in [0, 0.05) is 0 Å². The summed E-state index contributed by atoms with van der Waals surface area (Å²) in [5.41, 5.74) is 1.12. The molecule has 0 saturated heterocycles. The van der Waals surface area contributed by atoms with E-state index in [1.54, 1.807) is 0 Å². The fourth-order valence-corrected chi connectivity index (χ4v) is 5.49. The Labute approximate surface area is 125 Å². The van der Waals surface area contributed by atoms with E-state index in [9.17, 15) is 3.08 Å². The molecule has 0 aliphatic rings. The number of hydrogen-bond donors (Lipinski definition) is 0. The van der Waals surface area contributed by atoms with Gasteiger partial charge in [-0.1, -0.05) is 0 Å². The molecule has 2 nitrogen and oxygen atoms in total. The van der Waals surface area contributed by atoms with Crippen molar-refractivity contribution in [3.63, 3.8) is 0 Å². The Morgan fingerprint density at radius 3 is 2.37 bits per heavy atom. The number of rotatable bonds is 10. The average Bonchev–Trinajstić information content (AvgIpc) is 2.43. The van der Waals surface area contributed by atoms with Crippen LogP contribution in [0.4, 0.5) is 0 Å². The maximum absolute atomic E-state index is 12.0. The molecular weight excluding hydrogens is 343 g/mol. The van der Waals surface area contributed by atoms with Crippen LogP contribution in [-0.2, 0) is 6.15 Å². The van der Waals surface area contributed by atoms with E-state index in [1.165, 1.54) is 32.1 Å². The van der Waals surface area contributed by atoms with Gasteiger partial charge in [0.25, 0.3) is 0 Å². The zero-order chi connectivity index (χ0) is 13.9. The van der Waals surface area contributed by atoms with Crippen molar-refractivity contribution in [2.24, 2.45) is 0 Å². The van der Waals surface area contributed by atoms with Gasteiger partial charge in [0.2, 0.25) is 0 Å². The van der Waals surface area contributed by atoms with Crippen LogP contribution >= 0.6 is 0 Å². The molecule has 3 heteroatoms. The Kier molecular flexibility index (Phi) is 9.35. The minimum atomic E-state index is -2.80. The van der Waals surface area contributed by atoms with Crippen LogP contribution in [0.1, 0.15) is 64.0 Å². The third-order valence-corrected chi connectivity index (χ3v) is 7.25. The van der Waals surface area contributed by atoms with Crippen molar-refractivity contribution in [3.8, 4) is 0 Å². The quantitative estimate of drug-likeness (QED) is 0.427. The average molecular weight is 369 g/mol. The first kappa shape index (κ1) is 16.8. The van der Waals surface area contributed by atoms with Crippen molar-refractivity contribution in [1.29, 1.82) is 0 Å². The Morgan fingerprint density at radius 2 is 1.68 bits per heavy atom. The molecule has 19 heavy (non-hydrogen) atoms. The maximum atomic E-state index is 12.0. The summed E-state index contributed by atoms with van der Waals surface area (Å²) in [6, 6.07) is 10.1. The summed E-state index contributed by atoms with van der Waals surface area (Å²) >= 11 is -2.80. The van der Waals surface area contributed by atoms with E-state index < -0.39 is 20.2 Å². The van der Waals surface area contributed by atoms with Gasteiger partial charge >= 0.3 is 125 Å². The molecule has 0 spiro atoms. The molecule has 1 unspecified atom stereocenters. The third-order valence-electron chi connectivity index (χ3n) is 3.31. The Morgan fingerprint density at radius 1 is 1.05 bits per heavy atom. The van der Waals surface area contributed by atoms with Gasteiger partial charge < -0.3 is 0 Å². The van der Waals surface area contributed by atoms with E-state index in [1.807, 2.05) is 37.3 Å². The molecule has 0 aliphatic carbocycles. The van der Waals surface area contributed by atoms with Crippen LogP contribution in [0, 0.1) is 0 Å². The van der Waals surface area contributed by atoms with E-state index in [0.29, 0.717) is 0 Å². The van der Waals surface area contributed by atoms with Crippen LogP contribution in [0.5, 0.6) is 0 Å².